The van der Waals surface area contributed by atoms with Crippen molar-refractivity contribution in [3.05, 3.63) is 42.0 Å². The van der Waals surface area contributed by atoms with Gasteiger partial charge in [-0.25, -0.2) is 4.98 Å². The van der Waals surface area contributed by atoms with Crippen LogP contribution in [0.25, 0.3) is 0 Å². The maximum absolute atomic E-state index is 11.8. The molecular weight excluding hydrogens is 272 g/mol. The van der Waals surface area contributed by atoms with Crippen molar-refractivity contribution in [3.8, 4) is 0 Å². The molecule has 0 bridgehead atoms. The molecule has 1 atom stereocenters. The fourth-order valence-corrected chi connectivity index (χ4v) is 2.55. The standard InChI is InChI=1S/C14H18N4OS/c1-10-3-5-12(6-4-10)20-8-7-13(19)17-11(2)14-15-9-16-18-14/h3-6,9,11H,7-8H2,1-2H3,(H,17,19)(H,15,16,18). The van der Waals surface area contributed by atoms with Gasteiger partial charge in [0.2, 0.25) is 5.91 Å². The lowest BCUT2D eigenvalue weighted by molar-refractivity contribution is -0.121. The second-order valence-electron chi connectivity index (χ2n) is 4.57. The van der Waals surface area contributed by atoms with Gasteiger partial charge < -0.3 is 5.32 Å². The number of carbonyl (C=O) groups is 1. The summed E-state index contributed by atoms with van der Waals surface area (Å²) >= 11 is 1.69. The summed E-state index contributed by atoms with van der Waals surface area (Å²) in [7, 11) is 0. The van der Waals surface area contributed by atoms with Gasteiger partial charge in [0, 0.05) is 17.1 Å². The molecular formula is C14H18N4OS. The van der Waals surface area contributed by atoms with Crippen LogP contribution in [-0.2, 0) is 4.79 Å². The zero-order valence-electron chi connectivity index (χ0n) is 11.6. The van der Waals surface area contributed by atoms with Crippen LogP contribution >= 0.6 is 11.8 Å². The lowest BCUT2D eigenvalue weighted by Gasteiger charge is -2.10. The number of benzene rings is 1. The Morgan fingerprint density at radius 2 is 2.15 bits per heavy atom. The number of amides is 1. The van der Waals surface area contributed by atoms with Crippen LogP contribution in [0, 0.1) is 6.92 Å². The molecule has 0 saturated heterocycles. The molecule has 5 nitrogen and oxygen atoms in total. The van der Waals surface area contributed by atoms with Crippen LogP contribution in [0.4, 0.5) is 0 Å². The van der Waals surface area contributed by atoms with E-state index in [2.05, 4.69) is 51.7 Å². The molecule has 0 radical (unpaired) electrons. The van der Waals surface area contributed by atoms with Gasteiger partial charge >= 0.3 is 0 Å². The number of aryl methyl sites for hydroxylation is 1. The first-order chi connectivity index (χ1) is 9.65. The van der Waals surface area contributed by atoms with Crippen LogP contribution in [-0.4, -0.2) is 26.8 Å². The minimum Gasteiger partial charge on any atom is -0.346 e. The van der Waals surface area contributed by atoms with Crippen molar-refractivity contribution in [2.45, 2.75) is 31.2 Å². The zero-order valence-corrected chi connectivity index (χ0v) is 12.4. The quantitative estimate of drug-likeness (QED) is 0.802. The number of hydrogen-bond acceptors (Lipinski definition) is 4. The summed E-state index contributed by atoms with van der Waals surface area (Å²) in [6.07, 6.45) is 1.92. The fraction of sp³-hybridized carbons (Fsp3) is 0.357. The molecule has 2 rings (SSSR count). The molecule has 1 heterocycles. The lowest BCUT2D eigenvalue weighted by Crippen LogP contribution is -2.27. The third-order valence-electron chi connectivity index (χ3n) is 2.84. The highest BCUT2D eigenvalue weighted by molar-refractivity contribution is 7.99. The molecule has 0 spiro atoms. The Balaban J connectivity index is 1.71. The number of carbonyl (C=O) groups excluding carboxylic acids is 1. The monoisotopic (exact) mass is 290 g/mol. The van der Waals surface area contributed by atoms with Crippen molar-refractivity contribution in [2.75, 3.05) is 5.75 Å². The van der Waals surface area contributed by atoms with Crippen molar-refractivity contribution in [3.63, 3.8) is 0 Å². The van der Waals surface area contributed by atoms with Crippen molar-refractivity contribution in [2.24, 2.45) is 0 Å². The Morgan fingerprint density at radius 3 is 2.80 bits per heavy atom. The molecule has 2 N–H and O–H groups in total. The second kappa shape index (κ2) is 7.09. The molecule has 0 aliphatic heterocycles. The maximum Gasteiger partial charge on any atom is 0.221 e. The summed E-state index contributed by atoms with van der Waals surface area (Å²) < 4.78 is 0. The normalized spacial score (nSPS) is 12.1. The molecule has 106 valence electrons. The van der Waals surface area contributed by atoms with Crippen LogP contribution < -0.4 is 5.32 Å². The van der Waals surface area contributed by atoms with Crippen LogP contribution in [0.3, 0.4) is 0 Å². The molecule has 0 aliphatic rings. The Morgan fingerprint density at radius 1 is 1.40 bits per heavy atom. The molecule has 1 amide bonds. The summed E-state index contributed by atoms with van der Waals surface area (Å²) in [6, 6.07) is 8.17. The number of aromatic amines is 1. The van der Waals surface area contributed by atoms with Gasteiger partial charge in [-0.3, -0.25) is 9.89 Å². The Hall–Kier alpha value is -1.82. The van der Waals surface area contributed by atoms with E-state index in [0.717, 1.165) is 5.75 Å². The van der Waals surface area contributed by atoms with E-state index in [4.69, 9.17) is 0 Å². The lowest BCUT2D eigenvalue weighted by atomic mass is 10.2. The SMILES string of the molecule is Cc1ccc(SCCC(=O)NC(C)c2ncn[nH]2)cc1. The highest BCUT2D eigenvalue weighted by Crippen LogP contribution is 2.19. The zero-order chi connectivity index (χ0) is 14.4. The first-order valence-corrected chi connectivity index (χ1v) is 7.48. The smallest absolute Gasteiger partial charge is 0.221 e. The van der Waals surface area contributed by atoms with E-state index in [1.165, 1.54) is 16.8 Å². The number of nitrogens with zero attached hydrogens (tertiary/aromatic N) is 2. The summed E-state index contributed by atoms with van der Waals surface area (Å²) in [6.45, 7) is 3.94. The Labute approximate surface area is 122 Å². The summed E-state index contributed by atoms with van der Waals surface area (Å²) in [5.41, 5.74) is 1.24. The van der Waals surface area contributed by atoms with E-state index in [0.29, 0.717) is 12.2 Å². The van der Waals surface area contributed by atoms with Gasteiger partial charge in [-0.05, 0) is 26.0 Å². The molecule has 0 aliphatic carbocycles. The van der Waals surface area contributed by atoms with Gasteiger partial charge in [-0.1, -0.05) is 17.7 Å². The average Bonchev–Trinajstić information content (AvgIpc) is 2.95. The van der Waals surface area contributed by atoms with Crippen LogP contribution in [0.15, 0.2) is 35.5 Å². The van der Waals surface area contributed by atoms with Crippen molar-refractivity contribution >= 4 is 17.7 Å². The van der Waals surface area contributed by atoms with Gasteiger partial charge in [-0.2, -0.15) is 5.10 Å². The molecule has 1 aromatic heterocycles. The van der Waals surface area contributed by atoms with Crippen LogP contribution in [0.5, 0.6) is 0 Å². The first-order valence-electron chi connectivity index (χ1n) is 6.49. The van der Waals surface area contributed by atoms with Gasteiger partial charge in [0.15, 0.2) is 0 Å². The minimum atomic E-state index is -0.144. The van der Waals surface area contributed by atoms with E-state index in [1.54, 1.807) is 11.8 Å². The van der Waals surface area contributed by atoms with Gasteiger partial charge in [0.05, 0.1) is 6.04 Å². The van der Waals surface area contributed by atoms with Gasteiger partial charge in [0.1, 0.15) is 12.2 Å². The van der Waals surface area contributed by atoms with E-state index in [-0.39, 0.29) is 11.9 Å². The number of H-pyrrole nitrogens is 1. The molecule has 6 heteroatoms. The number of hydrogen-bond donors (Lipinski definition) is 2. The third-order valence-corrected chi connectivity index (χ3v) is 3.85. The van der Waals surface area contributed by atoms with Gasteiger partial charge in [-0.15, -0.1) is 11.8 Å². The molecule has 20 heavy (non-hydrogen) atoms. The van der Waals surface area contributed by atoms with Crippen LogP contribution in [0.1, 0.15) is 30.8 Å². The van der Waals surface area contributed by atoms with E-state index < -0.39 is 0 Å². The fourth-order valence-electron chi connectivity index (χ4n) is 1.70. The second-order valence-corrected chi connectivity index (χ2v) is 5.74. The summed E-state index contributed by atoms with van der Waals surface area (Å²) in [5.74, 6) is 1.45. The van der Waals surface area contributed by atoms with Gasteiger partial charge in [0.25, 0.3) is 0 Å². The topological polar surface area (TPSA) is 70.7 Å². The van der Waals surface area contributed by atoms with Crippen molar-refractivity contribution in [1.82, 2.24) is 20.5 Å². The summed E-state index contributed by atoms with van der Waals surface area (Å²) in [5, 5.41) is 9.41. The van der Waals surface area contributed by atoms with E-state index in [9.17, 15) is 4.79 Å². The number of thioether (sulfide) groups is 1. The first kappa shape index (κ1) is 14.6. The third kappa shape index (κ3) is 4.38. The Kier molecular flexibility index (Phi) is 5.17. The molecule has 1 aromatic carbocycles. The van der Waals surface area contributed by atoms with Crippen molar-refractivity contribution in [1.29, 1.82) is 0 Å². The number of nitrogens with one attached hydrogen (secondary N) is 2. The highest BCUT2D eigenvalue weighted by atomic mass is 32.2. The predicted octanol–water partition coefficient (Wildman–Crippen LogP) is 2.47. The van der Waals surface area contributed by atoms with E-state index >= 15 is 0 Å². The summed E-state index contributed by atoms with van der Waals surface area (Å²) in [4.78, 5) is 17.0. The molecule has 0 saturated carbocycles. The van der Waals surface area contributed by atoms with Crippen LogP contribution in [0.2, 0.25) is 0 Å². The maximum atomic E-state index is 11.8. The number of aromatic nitrogens is 3. The average molecular weight is 290 g/mol. The molecule has 0 fully saturated rings. The molecule has 2 aromatic rings. The number of rotatable bonds is 6. The minimum absolute atomic E-state index is 0.0218. The van der Waals surface area contributed by atoms with E-state index in [1.807, 2.05) is 6.92 Å². The largest absolute Gasteiger partial charge is 0.346 e. The molecule has 1 unspecified atom stereocenters. The highest BCUT2D eigenvalue weighted by Gasteiger charge is 2.11. The Bertz CT molecular complexity index is 539. The predicted molar refractivity (Wildman–Crippen MR) is 79.5 cm³/mol. The van der Waals surface area contributed by atoms with Crippen molar-refractivity contribution < 1.29 is 4.79 Å².